The Balaban J connectivity index is 1.71. The SMILES string of the molecule is COC(=O)c1cccc(NC(=O)/C=C/c2cc3cc(Br)ccc3o2)c1. The Hall–Kier alpha value is -2.86. The van der Waals surface area contributed by atoms with Crippen molar-refractivity contribution in [3.05, 3.63) is 70.4 Å². The Morgan fingerprint density at radius 1 is 1.16 bits per heavy atom. The number of rotatable bonds is 4. The van der Waals surface area contributed by atoms with Crippen LogP contribution in [0.3, 0.4) is 0 Å². The molecule has 0 radical (unpaired) electrons. The van der Waals surface area contributed by atoms with Gasteiger partial charge in [0.1, 0.15) is 11.3 Å². The highest BCUT2D eigenvalue weighted by atomic mass is 79.9. The van der Waals surface area contributed by atoms with E-state index in [0.29, 0.717) is 17.0 Å². The number of carbonyl (C=O) groups is 2. The van der Waals surface area contributed by atoms with E-state index in [1.54, 1.807) is 30.3 Å². The number of halogens is 1. The highest BCUT2D eigenvalue weighted by Gasteiger charge is 2.07. The van der Waals surface area contributed by atoms with Crippen LogP contribution in [0.1, 0.15) is 16.1 Å². The predicted octanol–water partition coefficient (Wildman–Crippen LogP) is 4.63. The molecule has 0 aliphatic rings. The molecule has 0 aliphatic heterocycles. The van der Waals surface area contributed by atoms with Gasteiger partial charge in [0.05, 0.1) is 12.7 Å². The molecule has 6 heteroatoms. The first-order valence-electron chi connectivity index (χ1n) is 7.42. The maximum Gasteiger partial charge on any atom is 0.337 e. The molecule has 5 nitrogen and oxygen atoms in total. The Kier molecular flexibility index (Phi) is 5.00. The third-order valence-electron chi connectivity index (χ3n) is 3.45. The van der Waals surface area contributed by atoms with Crippen LogP contribution >= 0.6 is 15.9 Å². The van der Waals surface area contributed by atoms with Gasteiger partial charge < -0.3 is 14.5 Å². The summed E-state index contributed by atoms with van der Waals surface area (Å²) in [4.78, 5) is 23.5. The number of hydrogen-bond acceptors (Lipinski definition) is 4. The molecule has 0 atom stereocenters. The Morgan fingerprint density at radius 3 is 2.80 bits per heavy atom. The fourth-order valence-corrected chi connectivity index (χ4v) is 2.68. The van der Waals surface area contributed by atoms with Crippen LogP contribution in [-0.2, 0) is 9.53 Å². The number of methoxy groups -OCH3 is 1. The molecular formula is C19H14BrNO4. The molecule has 0 bridgehead atoms. The van der Waals surface area contributed by atoms with Crippen LogP contribution in [0.4, 0.5) is 5.69 Å². The van der Waals surface area contributed by atoms with Crippen molar-refractivity contribution < 1.29 is 18.7 Å². The molecule has 0 fully saturated rings. The molecule has 1 N–H and O–H groups in total. The average Bonchev–Trinajstić information content (AvgIpc) is 3.01. The average molecular weight is 400 g/mol. The van der Waals surface area contributed by atoms with Crippen LogP contribution in [0, 0.1) is 0 Å². The number of ether oxygens (including phenoxy) is 1. The molecule has 3 aromatic rings. The largest absolute Gasteiger partial charge is 0.465 e. The number of benzene rings is 2. The van der Waals surface area contributed by atoms with E-state index in [1.807, 2.05) is 24.3 Å². The van der Waals surface area contributed by atoms with Gasteiger partial charge in [-0.15, -0.1) is 0 Å². The molecule has 3 rings (SSSR count). The van der Waals surface area contributed by atoms with Crippen molar-refractivity contribution in [2.45, 2.75) is 0 Å². The minimum atomic E-state index is -0.458. The summed E-state index contributed by atoms with van der Waals surface area (Å²) in [6.45, 7) is 0. The van der Waals surface area contributed by atoms with E-state index in [1.165, 1.54) is 13.2 Å². The van der Waals surface area contributed by atoms with Gasteiger partial charge in [0, 0.05) is 21.6 Å². The van der Waals surface area contributed by atoms with Gasteiger partial charge in [-0.3, -0.25) is 4.79 Å². The summed E-state index contributed by atoms with van der Waals surface area (Å²) in [6, 6.07) is 14.1. The number of furan rings is 1. The zero-order valence-corrected chi connectivity index (χ0v) is 14.9. The van der Waals surface area contributed by atoms with Crippen molar-refractivity contribution >= 4 is 50.5 Å². The fourth-order valence-electron chi connectivity index (χ4n) is 2.30. The molecule has 1 aromatic heterocycles. The standard InChI is InChI=1S/C19H14BrNO4/c1-24-19(23)12-3-2-4-15(10-12)21-18(22)8-6-16-11-13-9-14(20)5-7-17(13)25-16/h2-11H,1H3,(H,21,22)/b8-6+. The van der Waals surface area contributed by atoms with E-state index in [4.69, 9.17) is 4.42 Å². The topological polar surface area (TPSA) is 68.5 Å². The van der Waals surface area contributed by atoms with Crippen molar-refractivity contribution in [1.29, 1.82) is 0 Å². The van der Waals surface area contributed by atoms with Gasteiger partial charge in [0.2, 0.25) is 5.91 Å². The minimum absolute atomic E-state index is 0.330. The summed E-state index contributed by atoms with van der Waals surface area (Å²) >= 11 is 3.41. The van der Waals surface area contributed by atoms with Gasteiger partial charge in [-0.25, -0.2) is 4.79 Å². The van der Waals surface area contributed by atoms with Crippen LogP contribution in [0.25, 0.3) is 17.0 Å². The second kappa shape index (κ2) is 7.36. The summed E-state index contributed by atoms with van der Waals surface area (Å²) in [6.07, 6.45) is 2.96. The van der Waals surface area contributed by atoms with Gasteiger partial charge in [0.15, 0.2) is 0 Å². The van der Waals surface area contributed by atoms with E-state index >= 15 is 0 Å². The van der Waals surface area contributed by atoms with Gasteiger partial charge in [-0.2, -0.15) is 0 Å². The zero-order chi connectivity index (χ0) is 17.8. The second-order valence-corrected chi connectivity index (χ2v) is 6.14. The van der Waals surface area contributed by atoms with Gasteiger partial charge in [0.25, 0.3) is 0 Å². The van der Waals surface area contributed by atoms with Crippen LogP contribution < -0.4 is 5.32 Å². The lowest BCUT2D eigenvalue weighted by atomic mass is 10.2. The molecule has 1 heterocycles. The molecule has 0 unspecified atom stereocenters. The van der Waals surface area contributed by atoms with Gasteiger partial charge >= 0.3 is 5.97 Å². The molecular weight excluding hydrogens is 386 g/mol. The van der Waals surface area contributed by atoms with Gasteiger partial charge in [-0.05, 0) is 48.5 Å². The second-order valence-electron chi connectivity index (χ2n) is 5.23. The third kappa shape index (κ3) is 4.16. The van der Waals surface area contributed by atoms with Crippen LogP contribution in [0.15, 0.2) is 63.5 Å². The monoisotopic (exact) mass is 399 g/mol. The van der Waals surface area contributed by atoms with E-state index in [2.05, 4.69) is 26.0 Å². The molecule has 126 valence electrons. The smallest absolute Gasteiger partial charge is 0.337 e. The Labute approximate surface area is 152 Å². The summed E-state index contributed by atoms with van der Waals surface area (Å²) in [7, 11) is 1.31. The first kappa shape index (κ1) is 17.0. The maximum absolute atomic E-state index is 12.0. The Bertz CT molecular complexity index is 974. The molecule has 0 saturated carbocycles. The summed E-state index contributed by atoms with van der Waals surface area (Å²) in [5.41, 5.74) is 1.62. The quantitative estimate of drug-likeness (QED) is 0.512. The van der Waals surface area contributed by atoms with Crippen molar-refractivity contribution in [3.8, 4) is 0 Å². The molecule has 0 spiro atoms. The minimum Gasteiger partial charge on any atom is -0.465 e. The molecule has 2 aromatic carbocycles. The molecule has 25 heavy (non-hydrogen) atoms. The summed E-state index contributed by atoms with van der Waals surface area (Å²) < 4.78 is 11.3. The third-order valence-corrected chi connectivity index (χ3v) is 3.94. The van der Waals surface area contributed by atoms with Crippen LogP contribution in [0.2, 0.25) is 0 Å². The number of nitrogens with one attached hydrogen (secondary N) is 1. The highest BCUT2D eigenvalue weighted by Crippen LogP contribution is 2.24. The van der Waals surface area contributed by atoms with Crippen molar-refractivity contribution in [3.63, 3.8) is 0 Å². The fraction of sp³-hybridized carbons (Fsp3) is 0.0526. The number of carbonyl (C=O) groups excluding carboxylic acids is 2. The first-order valence-corrected chi connectivity index (χ1v) is 8.21. The number of esters is 1. The lowest BCUT2D eigenvalue weighted by Crippen LogP contribution is -2.09. The number of fused-ring (bicyclic) bond motifs is 1. The predicted molar refractivity (Wildman–Crippen MR) is 99.4 cm³/mol. The van der Waals surface area contributed by atoms with Gasteiger partial charge in [-0.1, -0.05) is 22.0 Å². The van der Waals surface area contributed by atoms with Crippen molar-refractivity contribution in [1.82, 2.24) is 0 Å². The molecule has 0 aliphatic carbocycles. The number of amides is 1. The lowest BCUT2D eigenvalue weighted by molar-refractivity contribution is -0.111. The zero-order valence-electron chi connectivity index (χ0n) is 13.3. The normalized spacial score (nSPS) is 11.0. The van der Waals surface area contributed by atoms with Crippen molar-refractivity contribution in [2.24, 2.45) is 0 Å². The van der Waals surface area contributed by atoms with Crippen LogP contribution in [-0.4, -0.2) is 19.0 Å². The lowest BCUT2D eigenvalue weighted by Gasteiger charge is -2.04. The van der Waals surface area contributed by atoms with E-state index in [0.717, 1.165) is 15.4 Å². The molecule has 1 amide bonds. The van der Waals surface area contributed by atoms with E-state index < -0.39 is 5.97 Å². The highest BCUT2D eigenvalue weighted by molar-refractivity contribution is 9.10. The summed E-state index contributed by atoms with van der Waals surface area (Å²) in [5.74, 6) is -0.213. The Morgan fingerprint density at radius 2 is 2.00 bits per heavy atom. The van der Waals surface area contributed by atoms with Crippen molar-refractivity contribution in [2.75, 3.05) is 12.4 Å². The summed E-state index contributed by atoms with van der Waals surface area (Å²) in [5, 5.41) is 3.64. The molecule has 0 saturated heterocycles. The first-order chi connectivity index (χ1) is 12.0. The number of hydrogen-bond donors (Lipinski definition) is 1. The maximum atomic E-state index is 12.0. The van der Waals surface area contributed by atoms with E-state index in [-0.39, 0.29) is 5.91 Å². The number of anilines is 1. The van der Waals surface area contributed by atoms with E-state index in [9.17, 15) is 9.59 Å². The van der Waals surface area contributed by atoms with Crippen LogP contribution in [0.5, 0.6) is 0 Å².